The highest BCUT2D eigenvalue weighted by Gasteiger charge is 2.19. The van der Waals surface area contributed by atoms with E-state index in [1.165, 1.54) is 12.1 Å². The highest BCUT2D eigenvalue weighted by Crippen LogP contribution is 2.23. The molecule has 1 aromatic carbocycles. The van der Waals surface area contributed by atoms with Gasteiger partial charge < -0.3 is 10.4 Å². The molecule has 0 saturated heterocycles. The Bertz CT molecular complexity index is 539. The number of amides is 1. The normalized spacial score (nSPS) is 17.4. The van der Waals surface area contributed by atoms with Crippen LogP contribution < -0.4 is 5.32 Å². The monoisotopic (exact) mass is 263 g/mol. The summed E-state index contributed by atoms with van der Waals surface area (Å²) in [6, 6.07) is 3.68. The molecule has 100 valence electrons. The standard InChI is InChI=1S/C14H14FNO3/c15-11-7-3-6-10(14(18)19)13(11)16-12(17)8-9-4-1-2-5-9/h1,3-4,6-7,9H,2,5,8H2,(H,16,17)(H,18,19). The zero-order chi connectivity index (χ0) is 13.8. The third-order valence-corrected chi connectivity index (χ3v) is 3.07. The van der Waals surface area contributed by atoms with Crippen molar-refractivity contribution in [3.63, 3.8) is 0 Å². The van der Waals surface area contributed by atoms with E-state index in [2.05, 4.69) is 5.32 Å². The summed E-state index contributed by atoms with van der Waals surface area (Å²) in [6.07, 6.45) is 6.04. The second-order valence-corrected chi connectivity index (χ2v) is 4.49. The third-order valence-electron chi connectivity index (χ3n) is 3.07. The first kappa shape index (κ1) is 13.3. The quantitative estimate of drug-likeness (QED) is 0.821. The van der Waals surface area contributed by atoms with Crippen LogP contribution in [0.5, 0.6) is 0 Å². The number of allylic oxidation sites excluding steroid dienone is 2. The Hall–Kier alpha value is -2.17. The number of hydrogen-bond donors (Lipinski definition) is 2. The molecule has 1 aromatic rings. The van der Waals surface area contributed by atoms with Crippen molar-refractivity contribution in [3.05, 3.63) is 41.7 Å². The van der Waals surface area contributed by atoms with Crippen LogP contribution in [-0.4, -0.2) is 17.0 Å². The van der Waals surface area contributed by atoms with Crippen LogP contribution >= 0.6 is 0 Å². The van der Waals surface area contributed by atoms with E-state index < -0.39 is 11.8 Å². The smallest absolute Gasteiger partial charge is 0.337 e. The minimum atomic E-state index is -1.27. The van der Waals surface area contributed by atoms with Crippen LogP contribution in [0.1, 0.15) is 29.6 Å². The van der Waals surface area contributed by atoms with E-state index in [9.17, 15) is 14.0 Å². The van der Waals surface area contributed by atoms with Crippen LogP contribution in [0.25, 0.3) is 0 Å². The largest absolute Gasteiger partial charge is 0.478 e. The molecule has 0 spiro atoms. The molecule has 4 nitrogen and oxygen atoms in total. The first-order valence-electron chi connectivity index (χ1n) is 6.06. The van der Waals surface area contributed by atoms with Gasteiger partial charge in [0, 0.05) is 6.42 Å². The van der Waals surface area contributed by atoms with E-state index in [0.29, 0.717) is 0 Å². The van der Waals surface area contributed by atoms with E-state index in [1.807, 2.05) is 12.2 Å². The molecule has 0 aromatic heterocycles. The van der Waals surface area contributed by atoms with Gasteiger partial charge in [-0.05, 0) is 30.9 Å². The number of carbonyl (C=O) groups excluding carboxylic acids is 1. The SMILES string of the molecule is O=C(CC1C=CCC1)Nc1c(F)cccc1C(=O)O. The zero-order valence-electron chi connectivity index (χ0n) is 10.2. The van der Waals surface area contributed by atoms with Crippen molar-refractivity contribution in [3.8, 4) is 0 Å². The van der Waals surface area contributed by atoms with Crippen LogP contribution in [0, 0.1) is 11.7 Å². The van der Waals surface area contributed by atoms with Gasteiger partial charge in [-0.1, -0.05) is 18.2 Å². The predicted molar refractivity (Wildman–Crippen MR) is 68.5 cm³/mol. The first-order valence-corrected chi connectivity index (χ1v) is 6.06. The Labute approximate surface area is 109 Å². The zero-order valence-corrected chi connectivity index (χ0v) is 10.2. The molecule has 0 bridgehead atoms. The molecule has 1 aliphatic rings. The summed E-state index contributed by atoms with van der Waals surface area (Å²) in [7, 11) is 0. The summed E-state index contributed by atoms with van der Waals surface area (Å²) in [6.45, 7) is 0. The second-order valence-electron chi connectivity index (χ2n) is 4.49. The predicted octanol–water partition coefficient (Wildman–Crippen LogP) is 2.82. The lowest BCUT2D eigenvalue weighted by Crippen LogP contribution is -2.18. The number of aromatic carboxylic acids is 1. The van der Waals surface area contributed by atoms with Gasteiger partial charge in [0.25, 0.3) is 0 Å². The summed E-state index contributed by atoms with van der Waals surface area (Å²) < 4.78 is 13.6. The average Bonchev–Trinajstić information content (AvgIpc) is 2.84. The molecule has 5 heteroatoms. The number of halogens is 1. The van der Waals surface area contributed by atoms with Crippen LogP contribution in [-0.2, 0) is 4.79 Å². The number of carboxylic acids is 1. The first-order chi connectivity index (χ1) is 9.08. The van der Waals surface area contributed by atoms with Crippen LogP contribution in [0.3, 0.4) is 0 Å². The van der Waals surface area contributed by atoms with E-state index in [4.69, 9.17) is 5.11 Å². The van der Waals surface area contributed by atoms with E-state index in [0.717, 1.165) is 18.9 Å². The Morgan fingerprint density at radius 2 is 2.21 bits per heavy atom. The van der Waals surface area contributed by atoms with Gasteiger partial charge in [-0.2, -0.15) is 0 Å². The Morgan fingerprint density at radius 3 is 2.84 bits per heavy atom. The lowest BCUT2D eigenvalue weighted by molar-refractivity contribution is -0.116. The maximum Gasteiger partial charge on any atom is 0.337 e. The highest BCUT2D eigenvalue weighted by atomic mass is 19.1. The maximum absolute atomic E-state index is 13.6. The molecule has 19 heavy (non-hydrogen) atoms. The molecule has 0 radical (unpaired) electrons. The van der Waals surface area contributed by atoms with Crippen molar-refractivity contribution in [1.82, 2.24) is 0 Å². The fourth-order valence-corrected chi connectivity index (χ4v) is 2.12. The number of nitrogens with one attached hydrogen (secondary N) is 1. The lowest BCUT2D eigenvalue weighted by atomic mass is 10.0. The van der Waals surface area contributed by atoms with Crippen molar-refractivity contribution in [2.24, 2.45) is 5.92 Å². The maximum atomic E-state index is 13.6. The molecular formula is C14H14FNO3. The third kappa shape index (κ3) is 3.19. The fourth-order valence-electron chi connectivity index (χ4n) is 2.12. The van der Waals surface area contributed by atoms with Crippen LogP contribution in [0.15, 0.2) is 30.4 Å². The van der Waals surface area contributed by atoms with Crippen molar-refractivity contribution < 1.29 is 19.1 Å². The van der Waals surface area contributed by atoms with Crippen LogP contribution in [0.4, 0.5) is 10.1 Å². The summed E-state index contributed by atoms with van der Waals surface area (Å²) in [5.74, 6) is -2.23. The molecule has 0 heterocycles. The van der Waals surface area contributed by atoms with Gasteiger partial charge in [0.1, 0.15) is 5.82 Å². The topological polar surface area (TPSA) is 66.4 Å². The molecule has 1 aliphatic carbocycles. The molecule has 2 N–H and O–H groups in total. The van der Waals surface area contributed by atoms with Gasteiger partial charge in [-0.25, -0.2) is 9.18 Å². The Kier molecular flexibility index (Phi) is 3.94. The van der Waals surface area contributed by atoms with Gasteiger partial charge in [0.15, 0.2) is 0 Å². The van der Waals surface area contributed by atoms with E-state index in [1.54, 1.807) is 0 Å². The Morgan fingerprint density at radius 1 is 1.42 bits per heavy atom. The van der Waals surface area contributed by atoms with Crippen molar-refractivity contribution in [1.29, 1.82) is 0 Å². The number of rotatable bonds is 4. The number of benzene rings is 1. The van der Waals surface area contributed by atoms with Gasteiger partial charge in [0.2, 0.25) is 5.91 Å². The number of anilines is 1. The molecule has 2 rings (SSSR count). The summed E-state index contributed by atoms with van der Waals surface area (Å²) >= 11 is 0. The summed E-state index contributed by atoms with van der Waals surface area (Å²) in [5.41, 5.74) is -0.503. The molecule has 1 atom stereocenters. The van der Waals surface area contributed by atoms with Crippen molar-refractivity contribution >= 4 is 17.6 Å². The molecule has 0 fully saturated rings. The number of para-hydroxylation sites is 1. The lowest BCUT2D eigenvalue weighted by Gasteiger charge is -2.11. The second kappa shape index (κ2) is 5.65. The molecule has 0 aliphatic heterocycles. The number of carboxylic acid groups (broad SMARTS) is 1. The highest BCUT2D eigenvalue weighted by molar-refractivity contribution is 6.00. The van der Waals surface area contributed by atoms with Crippen molar-refractivity contribution in [2.45, 2.75) is 19.3 Å². The van der Waals surface area contributed by atoms with Crippen LogP contribution in [0.2, 0.25) is 0 Å². The van der Waals surface area contributed by atoms with Gasteiger partial charge >= 0.3 is 5.97 Å². The molecule has 0 saturated carbocycles. The average molecular weight is 263 g/mol. The molecule has 1 amide bonds. The number of hydrogen-bond acceptors (Lipinski definition) is 2. The fraction of sp³-hybridized carbons (Fsp3) is 0.286. The van der Waals surface area contributed by atoms with Gasteiger partial charge in [-0.3, -0.25) is 4.79 Å². The summed E-state index contributed by atoms with van der Waals surface area (Å²) in [5, 5.41) is 11.3. The van der Waals surface area contributed by atoms with E-state index in [-0.39, 0.29) is 29.5 Å². The Balaban J connectivity index is 2.11. The number of carbonyl (C=O) groups is 2. The summed E-state index contributed by atoms with van der Waals surface area (Å²) in [4.78, 5) is 22.8. The molecular weight excluding hydrogens is 249 g/mol. The van der Waals surface area contributed by atoms with Gasteiger partial charge in [0.05, 0.1) is 11.3 Å². The molecule has 1 unspecified atom stereocenters. The van der Waals surface area contributed by atoms with Gasteiger partial charge in [-0.15, -0.1) is 0 Å². The van der Waals surface area contributed by atoms with E-state index >= 15 is 0 Å². The minimum Gasteiger partial charge on any atom is -0.478 e. The van der Waals surface area contributed by atoms with Crippen molar-refractivity contribution in [2.75, 3.05) is 5.32 Å². The minimum absolute atomic E-state index is 0.153.